The minimum atomic E-state index is -0.180. The smallest absolute Gasteiger partial charge is 0.334 e. The second kappa shape index (κ2) is 4.30. The van der Waals surface area contributed by atoms with Crippen molar-refractivity contribution in [3.05, 3.63) is 47.5 Å². The van der Waals surface area contributed by atoms with E-state index in [0.717, 1.165) is 24.0 Å². The Balaban J connectivity index is 2.18. The number of rotatable bonds is 3. The molecule has 0 unspecified atom stereocenters. The maximum absolute atomic E-state index is 11.5. The van der Waals surface area contributed by atoms with E-state index in [1.807, 2.05) is 36.4 Å². The van der Waals surface area contributed by atoms with Crippen molar-refractivity contribution < 1.29 is 9.53 Å². The minimum Gasteiger partial charge on any atom is -0.450 e. The molecule has 0 saturated heterocycles. The first-order valence-corrected chi connectivity index (χ1v) is 5.28. The molecule has 2 heteroatoms. The van der Waals surface area contributed by atoms with Gasteiger partial charge in [0.1, 0.15) is 6.10 Å². The SMILES string of the molecule is CCCC1=C[C@H](c2ccccc2)OC1=O. The van der Waals surface area contributed by atoms with Crippen LogP contribution in [0.2, 0.25) is 0 Å². The standard InChI is InChI=1S/C13H14O2/c1-2-6-11-9-12(15-13(11)14)10-7-4-3-5-8-10/h3-5,7-9,12H,2,6H2,1H3/t12-/m1/s1. The summed E-state index contributed by atoms with van der Waals surface area (Å²) in [4.78, 5) is 11.5. The summed E-state index contributed by atoms with van der Waals surface area (Å²) in [5.41, 5.74) is 1.85. The molecular weight excluding hydrogens is 188 g/mol. The van der Waals surface area contributed by atoms with Crippen LogP contribution in [0.3, 0.4) is 0 Å². The fourth-order valence-corrected chi connectivity index (χ4v) is 1.74. The molecule has 2 nitrogen and oxygen atoms in total. The van der Waals surface area contributed by atoms with Crippen molar-refractivity contribution in [3.63, 3.8) is 0 Å². The van der Waals surface area contributed by atoms with Crippen LogP contribution < -0.4 is 0 Å². The van der Waals surface area contributed by atoms with Crippen LogP contribution in [0.1, 0.15) is 31.4 Å². The van der Waals surface area contributed by atoms with Gasteiger partial charge in [0.2, 0.25) is 0 Å². The summed E-state index contributed by atoms with van der Waals surface area (Å²) in [7, 11) is 0. The van der Waals surface area contributed by atoms with Gasteiger partial charge in [0, 0.05) is 5.57 Å². The summed E-state index contributed by atoms with van der Waals surface area (Å²) < 4.78 is 5.28. The Morgan fingerprint density at radius 3 is 2.67 bits per heavy atom. The van der Waals surface area contributed by atoms with Gasteiger partial charge in [0.05, 0.1) is 0 Å². The van der Waals surface area contributed by atoms with Crippen LogP contribution in [-0.2, 0) is 9.53 Å². The number of hydrogen-bond donors (Lipinski definition) is 0. The van der Waals surface area contributed by atoms with E-state index in [1.54, 1.807) is 0 Å². The highest BCUT2D eigenvalue weighted by atomic mass is 16.5. The third-order valence-corrected chi connectivity index (χ3v) is 2.50. The molecule has 1 aliphatic heterocycles. The highest BCUT2D eigenvalue weighted by molar-refractivity contribution is 5.91. The zero-order chi connectivity index (χ0) is 10.7. The van der Waals surface area contributed by atoms with Crippen molar-refractivity contribution >= 4 is 5.97 Å². The van der Waals surface area contributed by atoms with E-state index in [0.29, 0.717) is 0 Å². The lowest BCUT2D eigenvalue weighted by Gasteiger charge is -2.07. The van der Waals surface area contributed by atoms with Crippen LogP contribution in [0.25, 0.3) is 0 Å². The quantitative estimate of drug-likeness (QED) is 0.704. The summed E-state index contributed by atoms with van der Waals surface area (Å²) in [6.45, 7) is 2.06. The number of esters is 1. The molecule has 2 rings (SSSR count). The molecule has 1 aromatic carbocycles. The van der Waals surface area contributed by atoms with Crippen LogP contribution in [0, 0.1) is 0 Å². The molecule has 0 bridgehead atoms. The van der Waals surface area contributed by atoms with Crippen molar-refractivity contribution in [3.8, 4) is 0 Å². The lowest BCUT2D eigenvalue weighted by molar-refractivity contribution is -0.140. The first-order chi connectivity index (χ1) is 7.31. The average Bonchev–Trinajstić information content (AvgIpc) is 2.63. The normalized spacial score (nSPS) is 19.9. The number of cyclic esters (lactones) is 1. The van der Waals surface area contributed by atoms with Gasteiger partial charge in [-0.15, -0.1) is 0 Å². The maximum atomic E-state index is 11.5. The van der Waals surface area contributed by atoms with Crippen molar-refractivity contribution in [1.82, 2.24) is 0 Å². The first kappa shape index (κ1) is 9.97. The summed E-state index contributed by atoms with van der Waals surface area (Å²) in [6.07, 6.45) is 3.53. The van der Waals surface area contributed by atoms with Gasteiger partial charge in [-0.25, -0.2) is 4.79 Å². The first-order valence-electron chi connectivity index (χ1n) is 5.28. The predicted octanol–water partition coefficient (Wildman–Crippen LogP) is 3.01. The number of ether oxygens (including phenoxy) is 1. The Labute approximate surface area is 89.6 Å². The van der Waals surface area contributed by atoms with E-state index in [4.69, 9.17) is 4.74 Å². The molecule has 78 valence electrons. The summed E-state index contributed by atoms with van der Waals surface area (Å²) >= 11 is 0. The largest absolute Gasteiger partial charge is 0.450 e. The van der Waals surface area contributed by atoms with Crippen LogP contribution in [0.15, 0.2) is 42.0 Å². The highest BCUT2D eigenvalue weighted by Gasteiger charge is 2.25. The van der Waals surface area contributed by atoms with Gasteiger partial charge in [-0.3, -0.25) is 0 Å². The van der Waals surface area contributed by atoms with Gasteiger partial charge in [-0.1, -0.05) is 43.7 Å². The third kappa shape index (κ3) is 2.09. The molecular formula is C13H14O2. The Kier molecular flexibility index (Phi) is 2.86. The maximum Gasteiger partial charge on any atom is 0.334 e. The lowest BCUT2D eigenvalue weighted by atomic mass is 10.1. The molecule has 0 spiro atoms. The van der Waals surface area contributed by atoms with E-state index >= 15 is 0 Å². The molecule has 1 heterocycles. The predicted molar refractivity (Wildman–Crippen MR) is 58.3 cm³/mol. The summed E-state index contributed by atoms with van der Waals surface area (Å²) in [6, 6.07) is 9.81. The Morgan fingerprint density at radius 2 is 2.00 bits per heavy atom. The zero-order valence-electron chi connectivity index (χ0n) is 8.77. The fraction of sp³-hybridized carbons (Fsp3) is 0.308. The van der Waals surface area contributed by atoms with Crippen LogP contribution >= 0.6 is 0 Å². The van der Waals surface area contributed by atoms with Crippen molar-refractivity contribution in [1.29, 1.82) is 0 Å². The number of hydrogen-bond acceptors (Lipinski definition) is 2. The number of carbonyl (C=O) groups is 1. The van der Waals surface area contributed by atoms with E-state index in [-0.39, 0.29) is 12.1 Å². The summed E-state index contributed by atoms with van der Waals surface area (Å²) in [5.74, 6) is -0.161. The minimum absolute atomic E-state index is 0.161. The molecule has 1 aliphatic rings. The molecule has 0 radical (unpaired) electrons. The topological polar surface area (TPSA) is 26.3 Å². The Bertz CT molecular complexity index is 379. The van der Waals surface area contributed by atoms with Crippen molar-refractivity contribution in [2.24, 2.45) is 0 Å². The molecule has 0 aromatic heterocycles. The van der Waals surface area contributed by atoms with E-state index in [2.05, 4.69) is 6.92 Å². The van der Waals surface area contributed by atoms with Crippen molar-refractivity contribution in [2.75, 3.05) is 0 Å². The van der Waals surface area contributed by atoms with Gasteiger partial charge in [-0.05, 0) is 18.1 Å². The Morgan fingerprint density at radius 1 is 1.27 bits per heavy atom. The number of carbonyl (C=O) groups excluding carboxylic acids is 1. The molecule has 1 aromatic rings. The lowest BCUT2D eigenvalue weighted by Crippen LogP contribution is -2.02. The molecule has 15 heavy (non-hydrogen) atoms. The molecule has 0 saturated carbocycles. The van der Waals surface area contributed by atoms with Crippen LogP contribution in [-0.4, -0.2) is 5.97 Å². The second-order valence-electron chi connectivity index (χ2n) is 3.68. The van der Waals surface area contributed by atoms with E-state index < -0.39 is 0 Å². The summed E-state index contributed by atoms with van der Waals surface area (Å²) in [5, 5.41) is 0. The molecule has 0 amide bonds. The molecule has 1 atom stereocenters. The monoisotopic (exact) mass is 202 g/mol. The third-order valence-electron chi connectivity index (χ3n) is 2.50. The van der Waals surface area contributed by atoms with Gasteiger partial charge in [0.15, 0.2) is 0 Å². The van der Waals surface area contributed by atoms with E-state index in [1.165, 1.54) is 0 Å². The van der Waals surface area contributed by atoms with Gasteiger partial charge in [-0.2, -0.15) is 0 Å². The van der Waals surface area contributed by atoms with Gasteiger partial charge in [0.25, 0.3) is 0 Å². The van der Waals surface area contributed by atoms with Crippen LogP contribution in [0.5, 0.6) is 0 Å². The van der Waals surface area contributed by atoms with Crippen LogP contribution in [0.4, 0.5) is 0 Å². The van der Waals surface area contributed by atoms with Crippen molar-refractivity contribution in [2.45, 2.75) is 25.9 Å². The highest BCUT2D eigenvalue weighted by Crippen LogP contribution is 2.29. The molecule has 0 N–H and O–H groups in total. The molecule has 0 fully saturated rings. The second-order valence-corrected chi connectivity index (χ2v) is 3.68. The molecule has 0 aliphatic carbocycles. The average molecular weight is 202 g/mol. The Hall–Kier alpha value is -1.57. The zero-order valence-corrected chi connectivity index (χ0v) is 8.77. The van der Waals surface area contributed by atoms with E-state index in [9.17, 15) is 4.79 Å². The van der Waals surface area contributed by atoms with Gasteiger partial charge < -0.3 is 4.74 Å². The van der Waals surface area contributed by atoms with Gasteiger partial charge >= 0.3 is 5.97 Å². The fourth-order valence-electron chi connectivity index (χ4n) is 1.74. The number of benzene rings is 1.